The minimum absolute atomic E-state index is 0.660. The molecular formula is C15H22O2. The van der Waals surface area contributed by atoms with Crippen LogP contribution in [0, 0.1) is 5.92 Å². The molecular weight excluding hydrogens is 212 g/mol. The average Bonchev–Trinajstić information content (AvgIpc) is 2.38. The zero-order chi connectivity index (χ0) is 12.3. The molecule has 0 radical (unpaired) electrons. The second-order valence-electron chi connectivity index (χ2n) is 5.01. The summed E-state index contributed by atoms with van der Waals surface area (Å²) in [5.41, 5.74) is 1.37. The van der Waals surface area contributed by atoms with E-state index in [1.54, 1.807) is 14.2 Å². The number of hydrogen-bond acceptors (Lipinski definition) is 2. The van der Waals surface area contributed by atoms with Gasteiger partial charge in [-0.2, -0.15) is 0 Å². The summed E-state index contributed by atoms with van der Waals surface area (Å²) in [6.07, 6.45) is 5.34. The first kappa shape index (κ1) is 12.3. The van der Waals surface area contributed by atoms with E-state index >= 15 is 0 Å². The molecule has 1 aromatic carbocycles. The summed E-state index contributed by atoms with van der Waals surface area (Å²) in [7, 11) is 3.42. The SMILES string of the molecule is COc1cc(OC)cc([C@H]2CCCC[C@H]2C)c1. The van der Waals surface area contributed by atoms with Crippen LogP contribution in [0.3, 0.4) is 0 Å². The highest BCUT2D eigenvalue weighted by atomic mass is 16.5. The van der Waals surface area contributed by atoms with Crippen molar-refractivity contribution in [2.75, 3.05) is 14.2 Å². The van der Waals surface area contributed by atoms with Crippen molar-refractivity contribution >= 4 is 0 Å². The van der Waals surface area contributed by atoms with Gasteiger partial charge in [0.2, 0.25) is 0 Å². The van der Waals surface area contributed by atoms with Crippen LogP contribution in [0.5, 0.6) is 11.5 Å². The summed E-state index contributed by atoms with van der Waals surface area (Å²) >= 11 is 0. The van der Waals surface area contributed by atoms with Crippen molar-refractivity contribution in [3.8, 4) is 11.5 Å². The van der Waals surface area contributed by atoms with Gasteiger partial charge < -0.3 is 9.47 Å². The second kappa shape index (κ2) is 5.44. The maximum absolute atomic E-state index is 5.34. The Kier molecular flexibility index (Phi) is 3.93. The van der Waals surface area contributed by atoms with Crippen LogP contribution in [-0.2, 0) is 0 Å². The molecule has 2 rings (SSSR count). The van der Waals surface area contributed by atoms with Crippen molar-refractivity contribution in [1.29, 1.82) is 0 Å². The predicted octanol–water partition coefficient (Wildman–Crippen LogP) is 4.00. The number of ether oxygens (including phenoxy) is 2. The molecule has 94 valence electrons. The molecule has 1 saturated carbocycles. The van der Waals surface area contributed by atoms with E-state index in [-0.39, 0.29) is 0 Å². The van der Waals surface area contributed by atoms with Gasteiger partial charge in [0.25, 0.3) is 0 Å². The maximum atomic E-state index is 5.34. The molecule has 0 amide bonds. The monoisotopic (exact) mass is 234 g/mol. The van der Waals surface area contributed by atoms with E-state index in [1.165, 1.54) is 31.2 Å². The lowest BCUT2D eigenvalue weighted by molar-refractivity contribution is 0.327. The molecule has 1 fully saturated rings. The molecule has 17 heavy (non-hydrogen) atoms. The molecule has 0 aliphatic heterocycles. The van der Waals surface area contributed by atoms with Gasteiger partial charge in [0.05, 0.1) is 14.2 Å². The molecule has 0 unspecified atom stereocenters. The van der Waals surface area contributed by atoms with E-state index in [4.69, 9.17) is 9.47 Å². The van der Waals surface area contributed by atoms with Gasteiger partial charge in [-0.25, -0.2) is 0 Å². The predicted molar refractivity (Wildman–Crippen MR) is 69.9 cm³/mol. The molecule has 1 aliphatic rings. The Morgan fingerprint density at radius 1 is 0.941 bits per heavy atom. The van der Waals surface area contributed by atoms with Gasteiger partial charge in [-0.15, -0.1) is 0 Å². The normalized spacial score (nSPS) is 24.4. The van der Waals surface area contributed by atoms with Gasteiger partial charge in [0.15, 0.2) is 0 Å². The number of benzene rings is 1. The number of methoxy groups -OCH3 is 2. The van der Waals surface area contributed by atoms with E-state index in [0.717, 1.165) is 17.4 Å². The van der Waals surface area contributed by atoms with Crippen LogP contribution < -0.4 is 9.47 Å². The van der Waals surface area contributed by atoms with Gasteiger partial charge in [-0.3, -0.25) is 0 Å². The summed E-state index contributed by atoms with van der Waals surface area (Å²) in [6.45, 7) is 2.36. The Labute approximate surface area is 104 Å². The van der Waals surface area contributed by atoms with Crippen LogP contribution in [-0.4, -0.2) is 14.2 Å². The Morgan fingerprint density at radius 3 is 2.06 bits per heavy atom. The topological polar surface area (TPSA) is 18.5 Å². The Bertz CT molecular complexity index is 351. The van der Waals surface area contributed by atoms with Crippen LogP contribution in [0.2, 0.25) is 0 Å². The van der Waals surface area contributed by atoms with Gasteiger partial charge >= 0.3 is 0 Å². The van der Waals surface area contributed by atoms with Crippen LogP contribution in [0.15, 0.2) is 18.2 Å². The third kappa shape index (κ3) is 2.74. The molecule has 0 saturated heterocycles. The second-order valence-corrected chi connectivity index (χ2v) is 5.01. The van der Waals surface area contributed by atoms with Gasteiger partial charge in [0.1, 0.15) is 11.5 Å². The largest absolute Gasteiger partial charge is 0.497 e. The Balaban J connectivity index is 2.29. The molecule has 0 spiro atoms. The van der Waals surface area contributed by atoms with E-state index in [9.17, 15) is 0 Å². The fourth-order valence-corrected chi connectivity index (χ4v) is 2.85. The summed E-state index contributed by atoms with van der Waals surface area (Å²) in [5.74, 6) is 3.22. The molecule has 1 aliphatic carbocycles. The number of rotatable bonds is 3. The lowest BCUT2D eigenvalue weighted by atomic mass is 9.76. The summed E-state index contributed by atoms with van der Waals surface area (Å²) < 4.78 is 10.7. The fourth-order valence-electron chi connectivity index (χ4n) is 2.85. The molecule has 0 N–H and O–H groups in total. The molecule has 2 heteroatoms. The van der Waals surface area contributed by atoms with E-state index < -0.39 is 0 Å². The molecule has 0 heterocycles. The van der Waals surface area contributed by atoms with Crippen LogP contribution in [0.4, 0.5) is 0 Å². The van der Waals surface area contributed by atoms with Crippen molar-refractivity contribution in [2.45, 2.75) is 38.5 Å². The standard InChI is InChI=1S/C15H22O2/c1-11-6-4-5-7-15(11)12-8-13(16-2)10-14(9-12)17-3/h8-11,15H,4-7H2,1-3H3/t11-,15+/m1/s1. The van der Waals surface area contributed by atoms with E-state index in [2.05, 4.69) is 19.1 Å². The molecule has 0 aromatic heterocycles. The van der Waals surface area contributed by atoms with E-state index in [1.807, 2.05) is 6.07 Å². The fraction of sp³-hybridized carbons (Fsp3) is 0.600. The highest BCUT2D eigenvalue weighted by Crippen LogP contribution is 2.39. The number of hydrogen-bond donors (Lipinski definition) is 0. The molecule has 2 atom stereocenters. The molecule has 0 bridgehead atoms. The van der Waals surface area contributed by atoms with Crippen molar-refractivity contribution in [3.05, 3.63) is 23.8 Å². The zero-order valence-corrected chi connectivity index (χ0v) is 11.0. The van der Waals surface area contributed by atoms with Crippen molar-refractivity contribution in [3.63, 3.8) is 0 Å². The average molecular weight is 234 g/mol. The molecule has 2 nitrogen and oxygen atoms in total. The quantitative estimate of drug-likeness (QED) is 0.787. The first-order valence-electron chi connectivity index (χ1n) is 6.47. The first-order valence-corrected chi connectivity index (χ1v) is 6.47. The minimum Gasteiger partial charge on any atom is -0.497 e. The Morgan fingerprint density at radius 2 is 1.53 bits per heavy atom. The van der Waals surface area contributed by atoms with Crippen LogP contribution in [0.1, 0.15) is 44.1 Å². The molecule has 1 aromatic rings. The highest BCUT2D eigenvalue weighted by Gasteiger charge is 2.23. The lowest BCUT2D eigenvalue weighted by Crippen LogP contribution is -2.14. The summed E-state index contributed by atoms with van der Waals surface area (Å²) in [4.78, 5) is 0. The van der Waals surface area contributed by atoms with Gasteiger partial charge in [-0.1, -0.05) is 26.2 Å². The smallest absolute Gasteiger partial charge is 0.122 e. The third-order valence-corrected chi connectivity index (χ3v) is 3.91. The van der Waals surface area contributed by atoms with Crippen molar-refractivity contribution in [2.24, 2.45) is 5.92 Å². The van der Waals surface area contributed by atoms with Crippen molar-refractivity contribution in [1.82, 2.24) is 0 Å². The Hall–Kier alpha value is -1.18. The summed E-state index contributed by atoms with van der Waals surface area (Å²) in [6, 6.07) is 6.26. The van der Waals surface area contributed by atoms with Crippen LogP contribution in [0.25, 0.3) is 0 Å². The van der Waals surface area contributed by atoms with Gasteiger partial charge in [0, 0.05) is 6.07 Å². The highest BCUT2D eigenvalue weighted by molar-refractivity contribution is 5.40. The van der Waals surface area contributed by atoms with Gasteiger partial charge in [-0.05, 0) is 36.0 Å². The summed E-state index contributed by atoms with van der Waals surface area (Å²) in [5, 5.41) is 0. The minimum atomic E-state index is 0.660. The maximum Gasteiger partial charge on any atom is 0.122 e. The lowest BCUT2D eigenvalue weighted by Gasteiger charge is -2.29. The van der Waals surface area contributed by atoms with Crippen molar-refractivity contribution < 1.29 is 9.47 Å². The zero-order valence-electron chi connectivity index (χ0n) is 11.0. The van der Waals surface area contributed by atoms with Crippen LogP contribution >= 0.6 is 0 Å². The third-order valence-electron chi connectivity index (χ3n) is 3.91. The first-order chi connectivity index (χ1) is 8.24. The van der Waals surface area contributed by atoms with E-state index in [0.29, 0.717) is 5.92 Å².